The van der Waals surface area contributed by atoms with E-state index in [0.29, 0.717) is 6.42 Å². The van der Waals surface area contributed by atoms with E-state index < -0.39 is 18.5 Å². The lowest BCUT2D eigenvalue weighted by Gasteiger charge is -2.07. The summed E-state index contributed by atoms with van der Waals surface area (Å²) in [6, 6.07) is 16.6. The van der Waals surface area contributed by atoms with Gasteiger partial charge in [-0.25, -0.2) is 4.79 Å². The molecule has 0 aromatic heterocycles. The van der Waals surface area contributed by atoms with E-state index in [9.17, 15) is 9.59 Å². The highest BCUT2D eigenvalue weighted by Crippen LogP contribution is 2.15. The SMILES string of the molecule is COc1ccc(N/N=C(\C)CCC(=O)OCC(=O)OCc2ccccc2)cc1. The molecule has 0 heterocycles. The fraction of sp³-hybridized carbons (Fsp3) is 0.286. The summed E-state index contributed by atoms with van der Waals surface area (Å²) in [5.74, 6) is -0.296. The molecule has 0 aliphatic heterocycles. The molecule has 0 saturated heterocycles. The van der Waals surface area contributed by atoms with Gasteiger partial charge in [0.05, 0.1) is 19.2 Å². The molecule has 0 spiro atoms. The second-order valence-corrected chi connectivity index (χ2v) is 5.99. The number of anilines is 1. The molecule has 0 fully saturated rings. The van der Waals surface area contributed by atoms with Gasteiger partial charge in [-0.3, -0.25) is 10.2 Å². The van der Waals surface area contributed by atoms with E-state index in [0.717, 1.165) is 22.7 Å². The first-order valence-electron chi connectivity index (χ1n) is 8.85. The third-order valence-corrected chi connectivity index (χ3v) is 3.75. The molecular weight excluding hydrogens is 360 g/mol. The number of hydrogen-bond donors (Lipinski definition) is 1. The van der Waals surface area contributed by atoms with Crippen molar-refractivity contribution in [3.05, 3.63) is 60.2 Å². The van der Waals surface area contributed by atoms with E-state index in [1.807, 2.05) is 54.6 Å². The van der Waals surface area contributed by atoms with Gasteiger partial charge in [0.2, 0.25) is 0 Å². The maximum absolute atomic E-state index is 11.8. The number of methoxy groups -OCH3 is 1. The molecule has 148 valence electrons. The van der Waals surface area contributed by atoms with Crippen LogP contribution in [-0.4, -0.2) is 31.4 Å². The number of benzene rings is 2. The first-order valence-corrected chi connectivity index (χ1v) is 8.85. The predicted octanol–water partition coefficient (Wildman–Crippen LogP) is 3.55. The second kappa shape index (κ2) is 11.4. The Morgan fingerprint density at radius 2 is 1.64 bits per heavy atom. The zero-order chi connectivity index (χ0) is 20.2. The summed E-state index contributed by atoms with van der Waals surface area (Å²) >= 11 is 0. The largest absolute Gasteiger partial charge is 0.497 e. The number of carbonyl (C=O) groups excluding carboxylic acids is 2. The lowest BCUT2D eigenvalue weighted by molar-refractivity contribution is -0.159. The topological polar surface area (TPSA) is 86.2 Å². The standard InChI is InChI=1S/C21H24N2O5/c1-16(22-23-18-9-11-19(26-2)12-10-18)8-13-20(24)28-15-21(25)27-14-17-6-4-3-5-7-17/h3-7,9-12,23H,8,13-15H2,1-2H3/b22-16+. The Kier molecular flexibility index (Phi) is 8.52. The minimum Gasteiger partial charge on any atom is -0.497 e. The first kappa shape index (κ1) is 21.0. The summed E-state index contributed by atoms with van der Waals surface area (Å²) < 4.78 is 15.1. The van der Waals surface area contributed by atoms with Crippen molar-refractivity contribution >= 4 is 23.3 Å². The van der Waals surface area contributed by atoms with Crippen LogP contribution in [0.25, 0.3) is 0 Å². The Balaban J connectivity index is 1.63. The lowest BCUT2D eigenvalue weighted by atomic mass is 10.2. The van der Waals surface area contributed by atoms with Gasteiger partial charge in [-0.15, -0.1) is 0 Å². The van der Waals surface area contributed by atoms with Crippen molar-refractivity contribution in [3.63, 3.8) is 0 Å². The van der Waals surface area contributed by atoms with E-state index in [2.05, 4.69) is 10.5 Å². The molecule has 0 aliphatic carbocycles. The average molecular weight is 384 g/mol. The van der Waals surface area contributed by atoms with Crippen LogP contribution in [0.1, 0.15) is 25.3 Å². The van der Waals surface area contributed by atoms with Crippen molar-refractivity contribution in [3.8, 4) is 5.75 Å². The lowest BCUT2D eigenvalue weighted by Crippen LogP contribution is -2.17. The summed E-state index contributed by atoms with van der Waals surface area (Å²) in [6.45, 7) is 1.56. The minimum absolute atomic E-state index is 0.131. The van der Waals surface area contributed by atoms with E-state index in [1.54, 1.807) is 14.0 Å². The highest BCUT2D eigenvalue weighted by atomic mass is 16.6. The zero-order valence-electron chi connectivity index (χ0n) is 16.0. The van der Waals surface area contributed by atoms with Crippen molar-refractivity contribution in [2.45, 2.75) is 26.4 Å². The van der Waals surface area contributed by atoms with Crippen LogP contribution >= 0.6 is 0 Å². The molecule has 1 N–H and O–H groups in total. The molecule has 0 aliphatic rings. The quantitative estimate of drug-likeness (QED) is 0.383. The molecule has 2 rings (SSSR count). The zero-order valence-corrected chi connectivity index (χ0v) is 16.0. The smallest absolute Gasteiger partial charge is 0.344 e. The van der Waals surface area contributed by atoms with Crippen LogP contribution in [-0.2, 0) is 25.7 Å². The third kappa shape index (κ3) is 7.90. The first-order chi connectivity index (χ1) is 13.6. The van der Waals surface area contributed by atoms with Crippen LogP contribution in [0, 0.1) is 0 Å². The Bertz CT molecular complexity index is 788. The van der Waals surface area contributed by atoms with E-state index in [-0.39, 0.29) is 13.0 Å². The molecule has 0 amide bonds. The van der Waals surface area contributed by atoms with Gasteiger partial charge in [-0.1, -0.05) is 30.3 Å². The number of hydrogen-bond acceptors (Lipinski definition) is 7. The summed E-state index contributed by atoms with van der Waals surface area (Å²) in [5, 5.41) is 4.21. The number of esters is 2. The van der Waals surface area contributed by atoms with Crippen molar-refractivity contribution in [2.24, 2.45) is 5.10 Å². The summed E-state index contributed by atoms with van der Waals surface area (Å²) in [5.41, 5.74) is 5.33. The van der Waals surface area contributed by atoms with Gasteiger partial charge in [0, 0.05) is 5.71 Å². The molecule has 2 aromatic carbocycles. The van der Waals surface area contributed by atoms with Gasteiger partial charge in [0.25, 0.3) is 0 Å². The van der Waals surface area contributed by atoms with Crippen LogP contribution in [0.3, 0.4) is 0 Å². The summed E-state index contributed by atoms with van der Waals surface area (Å²) in [7, 11) is 1.60. The van der Waals surface area contributed by atoms with Gasteiger partial charge in [0.1, 0.15) is 12.4 Å². The van der Waals surface area contributed by atoms with E-state index >= 15 is 0 Å². The van der Waals surface area contributed by atoms with Gasteiger partial charge in [-0.05, 0) is 43.2 Å². The number of nitrogens with one attached hydrogen (secondary N) is 1. The third-order valence-electron chi connectivity index (χ3n) is 3.75. The predicted molar refractivity (Wildman–Crippen MR) is 106 cm³/mol. The molecule has 0 unspecified atom stereocenters. The summed E-state index contributed by atoms with van der Waals surface area (Å²) in [6.07, 6.45) is 0.548. The van der Waals surface area contributed by atoms with Gasteiger partial charge in [-0.2, -0.15) is 5.10 Å². The van der Waals surface area contributed by atoms with Gasteiger partial charge >= 0.3 is 11.9 Å². The van der Waals surface area contributed by atoms with Gasteiger partial charge in [0.15, 0.2) is 6.61 Å². The molecule has 7 nitrogen and oxygen atoms in total. The second-order valence-electron chi connectivity index (χ2n) is 5.99. The number of hydrazone groups is 1. The maximum atomic E-state index is 11.8. The molecule has 7 heteroatoms. The molecular formula is C21H24N2O5. The van der Waals surface area contributed by atoms with Crippen LogP contribution in [0.4, 0.5) is 5.69 Å². The molecule has 2 aromatic rings. The van der Waals surface area contributed by atoms with Crippen LogP contribution in [0.2, 0.25) is 0 Å². The fourth-order valence-electron chi connectivity index (χ4n) is 2.16. The fourth-order valence-corrected chi connectivity index (χ4v) is 2.16. The van der Waals surface area contributed by atoms with Crippen molar-refractivity contribution in [2.75, 3.05) is 19.1 Å². The monoisotopic (exact) mass is 384 g/mol. The average Bonchev–Trinajstić information content (AvgIpc) is 2.74. The van der Waals surface area contributed by atoms with E-state index in [4.69, 9.17) is 14.2 Å². The Hall–Kier alpha value is -3.35. The van der Waals surface area contributed by atoms with Crippen LogP contribution < -0.4 is 10.2 Å². The number of nitrogens with zero attached hydrogens (tertiary/aromatic N) is 1. The van der Waals surface area contributed by atoms with Crippen molar-refractivity contribution < 1.29 is 23.8 Å². The van der Waals surface area contributed by atoms with Crippen molar-refractivity contribution in [1.29, 1.82) is 0 Å². The van der Waals surface area contributed by atoms with Gasteiger partial charge < -0.3 is 14.2 Å². The highest BCUT2D eigenvalue weighted by molar-refractivity contribution is 5.86. The molecule has 0 atom stereocenters. The number of rotatable bonds is 10. The van der Waals surface area contributed by atoms with E-state index in [1.165, 1.54) is 0 Å². The minimum atomic E-state index is -0.580. The highest BCUT2D eigenvalue weighted by Gasteiger charge is 2.09. The molecule has 0 bridgehead atoms. The Morgan fingerprint density at radius 1 is 0.929 bits per heavy atom. The summed E-state index contributed by atoms with van der Waals surface area (Å²) in [4.78, 5) is 23.4. The number of carbonyl (C=O) groups is 2. The van der Waals surface area contributed by atoms with Crippen LogP contribution in [0.5, 0.6) is 5.75 Å². The van der Waals surface area contributed by atoms with Crippen molar-refractivity contribution in [1.82, 2.24) is 0 Å². The molecule has 0 saturated carbocycles. The molecule has 28 heavy (non-hydrogen) atoms. The Labute approximate surface area is 164 Å². The molecule has 0 radical (unpaired) electrons. The number of ether oxygens (including phenoxy) is 3. The van der Waals surface area contributed by atoms with Crippen LogP contribution in [0.15, 0.2) is 59.7 Å². The normalized spacial score (nSPS) is 10.9. The maximum Gasteiger partial charge on any atom is 0.344 e. The Morgan fingerprint density at radius 3 is 2.32 bits per heavy atom.